The first-order valence-corrected chi connectivity index (χ1v) is 14.4. The van der Waals surface area contributed by atoms with Crippen LogP contribution in [0.15, 0.2) is 127 Å². The van der Waals surface area contributed by atoms with E-state index in [2.05, 4.69) is 91.0 Å². The van der Waals surface area contributed by atoms with Gasteiger partial charge in [-0.05, 0) is 0 Å². The monoisotopic (exact) mass is 472 g/mol. The topological polar surface area (TPSA) is 17.1 Å². The van der Waals surface area contributed by atoms with Crippen LogP contribution in [-0.2, 0) is 3.74 Å². The van der Waals surface area contributed by atoms with Crippen LogP contribution < -0.4 is 13.1 Å². The fourth-order valence-electron chi connectivity index (χ4n) is 4.56. The van der Waals surface area contributed by atoms with Gasteiger partial charge in [-0.1, -0.05) is 0 Å². The molecule has 2 heteroatoms. The molecule has 0 saturated carbocycles. The first-order chi connectivity index (χ1) is 15.7. The van der Waals surface area contributed by atoms with E-state index >= 15 is 3.74 Å². The van der Waals surface area contributed by atoms with E-state index in [4.69, 9.17) is 0 Å². The van der Waals surface area contributed by atoms with E-state index in [1.807, 2.05) is 36.4 Å². The summed E-state index contributed by atoms with van der Waals surface area (Å²) >= 11 is -3.94. The molecular formula is C30H21AsO. The second-order valence-electron chi connectivity index (χ2n) is 8.20. The second-order valence-corrected chi connectivity index (χ2v) is 14.0. The molecule has 0 bridgehead atoms. The number of fused-ring (bicyclic) bond motifs is 3. The van der Waals surface area contributed by atoms with Crippen molar-refractivity contribution in [1.82, 2.24) is 0 Å². The van der Waals surface area contributed by atoms with E-state index in [9.17, 15) is 0 Å². The third-order valence-corrected chi connectivity index (χ3v) is 12.6. The summed E-state index contributed by atoms with van der Waals surface area (Å²) < 4.78 is 18.0. The van der Waals surface area contributed by atoms with E-state index in [0.717, 1.165) is 45.4 Å². The Hall–Kier alpha value is -3.54. The third kappa shape index (κ3) is 3.09. The average molecular weight is 472 g/mol. The van der Waals surface area contributed by atoms with E-state index in [-0.39, 0.29) is 0 Å². The van der Waals surface area contributed by atoms with Crippen molar-refractivity contribution in [3.05, 3.63) is 127 Å². The first kappa shape index (κ1) is 19.2. The van der Waals surface area contributed by atoms with Gasteiger partial charge < -0.3 is 0 Å². The summed E-state index contributed by atoms with van der Waals surface area (Å²) in [4.78, 5) is 0. The Morgan fingerprint density at radius 1 is 0.344 bits per heavy atom. The molecule has 0 aliphatic heterocycles. The molecule has 0 aliphatic rings. The van der Waals surface area contributed by atoms with Crippen LogP contribution in [0.25, 0.3) is 32.3 Å². The molecule has 0 unspecified atom stereocenters. The standard InChI is InChI=1S/C30H21AsO/c32-31(28-16-13-22-7-1-4-10-25(22)19-28,29-17-14-23-8-2-5-11-26(23)20-29)30-18-15-24-9-3-6-12-27(24)21-30/h1-21H. The summed E-state index contributed by atoms with van der Waals surface area (Å²) in [5.74, 6) is 0. The third-order valence-electron chi connectivity index (χ3n) is 6.29. The molecule has 0 fully saturated rings. The van der Waals surface area contributed by atoms with Crippen LogP contribution in [0.4, 0.5) is 0 Å². The van der Waals surface area contributed by atoms with Crippen molar-refractivity contribution >= 4 is 58.9 Å². The van der Waals surface area contributed by atoms with E-state index in [1.165, 1.54) is 0 Å². The predicted octanol–water partition coefficient (Wildman–Crippen LogP) is 5.54. The van der Waals surface area contributed by atoms with Gasteiger partial charge in [0.05, 0.1) is 0 Å². The number of hydrogen-bond acceptors (Lipinski definition) is 1. The zero-order valence-electron chi connectivity index (χ0n) is 17.5. The Bertz CT molecular complexity index is 1470. The summed E-state index contributed by atoms with van der Waals surface area (Å²) in [6.45, 7) is 0. The Morgan fingerprint density at radius 2 is 0.625 bits per heavy atom. The van der Waals surface area contributed by atoms with Crippen LogP contribution in [0.5, 0.6) is 0 Å². The molecule has 0 heterocycles. The maximum absolute atomic E-state index is 15.2. The molecule has 0 spiro atoms. The van der Waals surface area contributed by atoms with Crippen molar-refractivity contribution < 1.29 is 3.74 Å². The van der Waals surface area contributed by atoms with Crippen molar-refractivity contribution in [2.24, 2.45) is 0 Å². The van der Waals surface area contributed by atoms with Gasteiger partial charge >= 0.3 is 190 Å². The minimum atomic E-state index is -3.94. The van der Waals surface area contributed by atoms with Gasteiger partial charge in [0.25, 0.3) is 0 Å². The second kappa shape index (κ2) is 7.55. The van der Waals surface area contributed by atoms with Gasteiger partial charge in [-0.25, -0.2) is 0 Å². The van der Waals surface area contributed by atoms with Gasteiger partial charge in [0.15, 0.2) is 0 Å². The van der Waals surface area contributed by atoms with Crippen molar-refractivity contribution in [3.63, 3.8) is 0 Å². The SMILES string of the molecule is O=[As](c1ccc2ccccc2c1)(c1ccc2ccccc2c1)c1ccc2ccccc2c1. The molecule has 1 nitrogen and oxygen atoms in total. The summed E-state index contributed by atoms with van der Waals surface area (Å²) in [5, 5.41) is 6.84. The zero-order chi connectivity index (χ0) is 21.5. The van der Waals surface area contributed by atoms with Crippen LogP contribution in [0.3, 0.4) is 0 Å². The van der Waals surface area contributed by atoms with Crippen LogP contribution in [-0.4, -0.2) is 13.5 Å². The van der Waals surface area contributed by atoms with Crippen LogP contribution in [0.2, 0.25) is 0 Å². The average Bonchev–Trinajstić information content (AvgIpc) is 2.87. The number of rotatable bonds is 3. The molecule has 0 N–H and O–H groups in total. The Labute approximate surface area is 189 Å². The van der Waals surface area contributed by atoms with Gasteiger partial charge in [-0.3, -0.25) is 0 Å². The summed E-state index contributed by atoms with van der Waals surface area (Å²) in [5.41, 5.74) is 0. The molecule has 6 aromatic carbocycles. The molecule has 152 valence electrons. The normalized spacial score (nSPS) is 11.9. The quantitative estimate of drug-likeness (QED) is 0.309. The van der Waals surface area contributed by atoms with E-state index in [0.29, 0.717) is 0 Å². The molecule has 32 heavy (non-hydrogen) atoms. The van der Waals surface area contributed by atoms with E-state index in [1.54, 1.807) is 0 Å². The predicted molar refractivity (Wildman–Crippen MR) is 137 cm³/mol. The van der Waals surface area contributed by atoms with Gasteiger partial charge in [0.1, 0.15) is 0 Å². The molecule has 0 saturated heterocycles. The van der Waals surface area contributed by atoms with Crippen LogP contribution in [0, 0.1) is 0 Å². The van der Waals surface area contributed by atoms with Gasteiger partial charge in [-0.15, -0.1) is 0 Å². The molecular weight excluding hydrogens is 451 g/mol. The van der Waals surface area contributed by atoms with Crippen molar-refractivity contribution in [1.29, 1.82) is 0 Å². The number of hydrogen-bond donors (Lipinski definition) is 0. The fraction of sp³-hybridized carbons (Fsp3) is 0. The van der Waals surface area contributed by atoms with Gasteiger partial charge in [0, 0.05) is 0 Å². The first-order valence-electron chi connectivity index (χ1n) is 10.8. The molecule has 6 rings (SSSR count). The van der Waals surface area contributed by atoms with Crippen molar-refractivity contribution in [2.45, 2.75) is 0 Å². The summed E-state index contributed by atoms with van der Waals surface area (Å²) in [6, 6.07) is 43.7. The van der Waals surface area contributed by atoms with Crippen molar-refractivity contribution in [3.8, 4) is 0 Å². The molecule has 0 atom stereocenters. The summed E-state index contributed by atoms with van der Waals surface area (Å²) in [7, 11) is 0. The fourth-order valence-corrected chi connectivity index (χ4v) is 10.3. The molecule has 0 amide bonds. The molecule has 0 aromatic heterocycles. The zero-order valence-corrected chi connectivity index (χ0v) is 19.4. The maximum atomic E-state index is 15.2. The molecule has 0 aliphatic carbocycles. The van der Waals surface area contributed by atoms with E-state index < -0.39 is 13.5 Å². The summed E-state index contributed by atoms with van der Waals surface area (Å²) in [6.07, 6.45) is 0. The van der Waals surface area contributed by atoms with Gasteiger partial charge in [-0.2, -0.15) is 0 Å². The Balaban J connectivity index is 1.66. The van der Waals surface area contributed by atoms with Crippen molar-refractivity contribution in [2.75, 3.05) is 0 Å². The van der Waals surface area contributed by atoms with Crippen LogP contribution >= 0.6 is 0 Å². The molecule has 0 radical (unpaired) electrons. The Kier molecular flexibility index (Phi) is 4.52. The molecule has 6 aromatic rings. The Morgan fingerprint density at radius 3 is 0.938 bits per heavy atom. The minimum absolute atomic E-state index is 0.924. The van der Waals surface area contributed by atoms with Crippen LogP contribution in [0.1, 0.15) is 0 Å². The van der Waals surface area contributed by atoms with Gasteiger partial charge in [0.2, 0.25) is 0 Å². The number of benzene rings is 6.